The van der Waals surface area contributed by atoms with Gasteiger partial charge in [0.1, 0.15) is 6.26 Å². The van der Waals surface area contributed by atoms with E-state index in [4.69, 9.17) is 8.92 Å². The van der Waals surface area contributed by atoms with Crippen molar-refractivity contribution < 1.29 is 13.7 Å². The fraction of sp³-hybridized carbons (Fsp3) is 0.500. The fourth-order valence-electron chi connectivity index (χ4n) is 1.11. The highest BCUT2D eigenvalue weighted by Crippen LogP contribution is 2.35. The minimum absolute atomic E-state index is 0.00421. The highest BCUT2D eigenvalue weighted by molar-refractivity contribution is 7.95. The highest BCUT2D eigenvalue weighted by Gasteiger charge is 2.49. The third kappa shape index (κ3) is 0.844. The molecule has 2 heterocycles. The van der Waals surface area contributed by atoms with Gasteiger partial charge in [0.2, 0.25) is 0 Å². The van der Waals surface area contributed by atoms with Crippen molar-refractivity contribution in [3.8, 4) is 0 Å². The molecule has 1 fully saturated rings. The lowest BCUT2D eigenvalue weighted by atomic mass is 10.1. The Morgan fingerprint density at radius 1 is 1.82 bits per heavy atom. The Morgan fingerprint density at radius 3 is 3.36 bits per heavy atom. The lowest BCUT2D eigenvalue weighted by Crippen LogP contribution is -2.62. The van der Waals surface area contributed by atoms with E-state index in [1.54, 1.807) is 11.1 Å². The van der Waals surface area contributed by atoms with Crippen LogP contribution in [0.1, 0.15) is 0 Å². The number of hydrogen-bond donors (Lipinski definition) is 0. The van der Waals surface area contributed by atoms with Gasteiger partial charge in [-0.2, -0.15) is 0 Å². The summed E-state index contributed by atoms with van der Waals surface area (Å²) in [6.07, 6.45) is 2.79. The number of β-lactam (4-membered cyclic amide) rings is 1. The van der Waals surface area contributed by atoms with Gasteiger partial charge in [0.15, 0.2) is 11.5 Å². The molecule has 1 amide bonds. The highest BCUT2D eigenvalue weighted by atomic mass is 32.2. The molecule has 0 aromatic rings. The average molecular weight is 173 g/mol. The van der Waals surface area contributed by atoms with E-state index in [0.29, 0.717) is 0 Å². The fourth-order valence-corrected chi connectivity index (χ4v) is 1.93. The Morgan fingerprint density at radius 2 is 2.64 bits per heavy atom. The van der Waals surface area contributed by atoms with Crippen molar-refractivity contribution in [1.82, 2.24) is 4.90 Å². The zero-order valence-corrected chi connectivity index (χ0v) is 6.71. The standard InChI is InChI=1S/C6H7NO3S/c1-9-4-5(8)7-2-3-10-11-6(4)7/h2-4,6H,1H3/t4-,6+/m0/s1. The molecule has 4 nitrogen and oxygen atoms in total. The minimum Gasteiger partial charge on any atom is -0.430 e. The van der Waals surface area contributed by atoms with Gasteiger partial charge in [0.25, 0.3) is 5.91 Å². The Bertz CT molecular complexity index is 218. The third-order valence-electron chi connectivity index (χ3n) is 1.72. The van der Waals surface area contributed by atoms with E-state index in [2.05, 4.69) is 0 Å². The summed E-state index contributed by atoms with van der Waals surface area (Å²) in [7, 11) is 1.53. The first kappa shape index (κ1) is 7.00. The molecule has 0 unspecified atom stereocenters. The maximum atomic E-state index is 11.1. The molecule has 2 aliphatic heterocycles. The number of methoxy groups -OCH3 is 1. The summed E-state index contributed by atoms with van der Waals surface area (Å²) in [4.78, 5) is 12.7. The summed E-state index contributed by atoms with van der Waals surface area (Å²) in [5, 5.41) is 0.0116. The number of amides is 1. The van der Waals surface area contributed by atoms with Crippen molar-refractivity contribution in [3.05, 3.63) is 12.5 Å². The Kier molecular flexibility index (Phi) is 1.54. The lowest BCUT2D eigenvalue weighted by Gasteiger charge is -2.43. The third-order valence-corrected chi connectivity index (χ3v) is 2.61. The van der Waals surface area contributed by atoms with Crippen molar-refractivity contribution in [2.45, 2.75) is 11.5 Å². The van der Waals surface area contributed by atoms with E-state index in [0.717, 1.165) is 0 Å². The quantitative estimate of drug-likeness (QED) is 0.423. The number of carbonyl (C=O) groups excluding carboxylic acids is 1. The van der Waals surface area contributed by atoms with E-state index < -0.39 is 0 Å². The largest absolute Gasteiger partial charge is 0.430 e. The van der Waals surface area contributed by atoms with E-state index >= 15 is 0 Å². The monoisotopic (exact) mass is 173 g/mol. The van der Waals surface area contributed by atoms with Crippen LogP contribution in [0.4, 0.5) is 0 Å². The van der Waals surface area contributed by atoms with Crippen LogP contribution in [0.2, 0.25) is 0 Å². The second kappa shape index (κ2) is 2.42. The smallest absolute Gasteiger partial charge is 0.260 e. The Balaban J connectivity index is 2.12. The predicted octanol–water partition coefficient (Wildman–Crippen LogP) is 0.319. The first-order valence-electron chi connectivity index (χ1n) is 3.18. The van der Waals surface area contributed by atoms with Crippen molar-refractivity contribution in [2.75, 3.05) is 7.11 Å². The summed E-state index contributed by atoms with van der Waals surface area (Å²) in [6.45, 7) is 0. The Hall–Kier alpha value is -0.680. The maximum absolute atomic E-state index is 11.1. The lowest BCUT2D eigenvalue weighted by molar-refractivity contribution is -0.157. The molecule has 0 saturated carbocycles. The number of rotatable bonds is 1. The molecule has 0 bridgehead atoms. The molecule has 0 aromatic carbocycles. The van der Waals surface area contributed by atoms with Crippen LogP contribution in [0.3, 0.4) is 0 Å². The molecule has 0 aromatic heterocycles. The van der Waals surface area contributed by atoms with E-state index in [-0.39, 0.29) is 17.4 Å². The zero-order chi connectivity index (χ0) is 7.84. The predicted molar refractivity (Wildman–Crippen MR) is 39.2 cm³/mol. The molecule has 0 N–H and O–H groups in total. The second-order valence-corrected chi connectivity index (χ2v) is 3.14. The maximum Gasteiger partial charge on any atom is 0.260 e. The van der Waals surface area contributed by atoms with Crippen molar-refractivity contribution in [2.24, 2.45) is 0 Å². The van der Waals surface area contributed by atoms with Gasteiger partial charge in [-0.1, -0.05) is 0 Å². The summed E-state index contributed by atoms with van der Waals surface area (Å²) in [6, 6.07) is 0. The molecule has 2 atom stereocenters. The van der Waals surface area contributed by atoms with Gasteiger partial charge in [0, 0.05) is 13.3 Å². The van der Waals surface area contributed by atoms with Crippen molar-refractivity contribution in [3.63, 3.8) is 0 Å². The van der Waals surface area contributed by atoms with Crippen LogP contribution < -0.4 is 0 Å². The van der Waals surface area contributed by atoms with E-state index in [9.17, 15) is 4.79 Å². The summed E-state index contributed by atoms with van der Waals surface area (Å²) >= 11 is 1.24. The Labute approximate surface area is 68.3 Å². The number of ether oxygens (including phenoxy) is 1. The number of hydrogen-bond acceptors (Lipinski definition) is 4. The molecule has 0 radical (unpaired) electrons. The molecule has 0 aliphatic carbocycles. The van der Waals surface area contributed by atoms with Gasteiger partial charge < -0.3 is 8.92 Å². The molecule has 2 rings (SSSR count). The van der Waals surface area contributed by atoms with Crippen LogP contribution in [0.5, 0.6) is 0 Å². The first-order valence-corrected chi connectivity index (χ1v) is 3.99. The van der Waals surface area contributed by atoms with Crippen LogP contribution in [0.15, 0.2) is 12.5 Å². The van der Waals surface area contributed by atoms with Crippen LogP contribution in [-0.2, 0) is 13.7 Å². The van der Waals surface area contributed by atoms with Gasteiger partial charge in [0.05, 0.1) is 12.0 Å². The van der Waals surface area contributed by atoms with E-state index in [1.807, 2.05) is 0 Å². The molecule has 11 heavy (non-hydrogen) atoms. The average Bonchev–Trinajstić information content (AvgIpc) is 2.05. The topological polar surface area (TPSA) is 38.8 Å². The van der Waals surface area contributed by atoms with Crippen molar-refractivity contribution in [1.29, 1.82) is 0 Å². The van der Waals surface area contributed by atoms with Crippen molar-refractivity contribution >= 4 is 17.9 Å². The molecule has 5 heteroatoms. The molecule has 2 aliphatic rings. The van der Waals surface area contributed by atoms with Crippen LogP contribution >= 0.6 is 12.0 Å². The van der Waals surface area contributed by atoms with Crippen LogP contribution in [0, 0.1) is 0 Å². The van der Waals surface area contributed by atoms with Crippen LogP contribution in [0.25, 0.3) is 0 Å². The summed E-state index contributed by atoms with van der Waals surface area (Å²) in [5.74, 6) is 0.00421. The molecular formula is C6H7NO3S. The molecule has 60 valence electrons. The molecular weight excluding hydrogens is 166 g/mol. The summed E-state index contributed by atoms with van der Waals surface area (Å²) < 4.78 is 9.89. The van der Waals surface area contributed by atoms with Gasteiger partial charge >= 0.3 is 0 Å². The zero-order valence-electron chi connectivity index (χ0n) is 5.89. The number of nitrogens with zero attached hydrogens (tertiary/aromatic N) is 1. The van der Waals surface area contributed by atoms with Crippen LogP contribution in [-0.4, -0.2) is 29.4 Å². The molecule has 0 spiro atoms. The van der Waals surface area contributed by atoms with Gasteiger partial charge in [-0.3, -0.25) is 9.69 Å². The number of fused-ring (bicyclic) bond motifs is 1. The van der Waals surface area contributed by atoms with Gasteiger partial charge in [-0.05, 0) is 0 Å². The first-order chi connectivity index (χ1) is 5.34. The number of carbonyl (C=O) groups is 1. The molecule has 1 saturated heterocycles. The van der Waals surface area contributed by atoms with Gasteiger partial charge in [-0.15, -0.1) is 0 Å². The normalized spacial score (nSPS) is 34.3. The minimum atomic E-state index is -0.329. The summed E-state index contributed by atoms with van der Waals surface area (Å²) in [5.41, 5.74) is 0. The second-order valence-electron chi connectivity index (χ2n) is 2.27. The van der Waals surface area contributed by atoms with Gasteiger partial charge in [-0.25, -0.2) is 0 Å². The van der Waals surface area contributed by atoms with E-state index in [1.165, 1.54) is 25.4 Å². The SMILES string of the molecule is CO[C@H]1C(=O)N2C=COS[C@H]12.